The Labute approximate surface area is 97.9 Å². The Balaban J connectivity index is 3.97. The highest BCUT2D eigenvalue weighted by Crippen LogP contribution is 2.16. The Morgan fingerprint density at radius 1 is 1.56 bits per heavy atom. The number of carbonyl (C=O) groups excluding carboxylic acids is 1. The minimum atomic E-state index is -0.422. The lowest BCUT2D eigenvalue weighted by Gasteiger charge is -2.17. The van der Waals surface area contributed by atoms with Crippen molar-refractivity contribution >= 4 is 5.91 Å². The number of rotatable bonds is 9. The SMILES string of the molecule is C=CC[C@H](C[C@H](O)CCCCC)C(=O)NN. The van der Waals surface area contributed by atoms with Gasteiger partial charge in [-0.25, -0.2) is 5.84 Å². The maximum atomic E-state index is 11.4. The zero-order valence-corrected chi connectivity index (χ0v) is 10.1. The summed E-state index contributed by atoms with van der Waals surface area (Å²) in [5, 5.41) is 9.76. The number of allylic oxidation sites excluding steroid dienone is 1. The van der Waals surface area contributed by atoms with E-state index in [4.69, 9.17) is 5.84 Å². The molecule has 0 unspecified atom stereocenters. The van der Waals surface area contributed by atoms with Crippen molar-refractivity contribution in [3.8, 4) is 0 Å². The van der Waals surface area contributed by atoms with Crippen LogP contribution in [0.4, 0.5) is 0 Å². The van der Waals surface area contributed by atoms with Crippen molar-refractivity contribution in [3.05, 3.63) is 12.7 Å². The highest BCUT2D eigenvalue weighted by molar-refractivity contribution is 5.78. The Hall–Kier alpha value is -0.870. The van der Waals surface area contributed by atoms with Crippen LogP contribution in [0.3, 0.4) is 0 Å². The quantitative estimate of drug-likeness (QED) is 0.184. The third kappa shape index (κ3) is 6.58. The number of aliphatic hydroxyl groups is 1. The molecule has 0 aromatic heterocycles. The average Bonchev–Trinajstić information content (AvgIpc) is 2.28. The van der Waals surface area contributed by atoms with Gasteiger partial charge in [0.05, 0.1) is 6.10 Å². The Kier molecular flexibility index (Phi) is 8.85. The topological polar surface area (TPSA) is 75.3 Å². The van der Waals surface area contributed by atoms with E-state index in [0.29, 0.717) is 12.8 Å². The van der Waals surface area contributed by atoms with E-state index in [2.05, 4.69) is 18.9 Å². The summed E-state index contributed by atoms with van der Waals surface area (Å²) >= 11 is 0. The molecule has 4 nitrogen and oxygen atoms in total. The Morgan fingerprint density at radius 3 is 2.75 bits per heavy atom. The number of hydrogen-bond acceptors (Lipinski definition) is 3. The summed E-state index contributed by atoms with van der Waals surface area (Å²) < 4.78 is 0. The molecule has 94 valence electrons. The first-order valence-corrected chi connectivity index (χ1v) is 5.95. The Bertz CT molecular complexity index is 207. The van der Waals surface area contributed by atoms with Gasteiger partial charge in [-0.2, -0.15) is 0 Å². The lowest BCUT2D eigenvalue weighted by atomic mass is 9.94. The van der Waals surface area contributed by atoms with Gasteiger partial charge in [0.2, 0.25) is 5.91 Å². The van der Waals surface area contributed by atoms with Crippen LogP contribution >= 0.6 is 0 Å². The molecule has 0 aromatic carbocycles. The first-order valence-electron chi connectivity index (χ1n) is 5.95. The van der Waals surface area contributed by atoms with Crippen molar-refractivity contribution in [3.63, 3.8) is 0 Å². The van der Waals surface area contributed by atoms with Crippen LogP contribution < -0.4 is 11.3 Å². The van der Waals surface area contributed by atoms with Crippen LogP contribution in [0.25, 0.3) is 0 Å². The van der Waals surface area contributed by atoms with E-state index in [9.17, 15) is 9.90 Å². The zero-order chi connectivity index (χ0) is 12.4. The standard InChI is InChI=1S/C12H24N2O2/c1-3-5-6-8-11(15)9-10(7-4-2)12(16)14-13/h4,10-11,15H,2-3,5-9,13H2,1H3,(H,14,16)/t10-,11-/m1/s1. The van der Waals surface area contributed by atoms with Gasteiger partial charge in [0.15, 0.2) is 0 Å². The van der Waals surface area contributed by atoms with Gasteiger partial charge in [-0.1, -0.05) is 32.3 Å². The van der Waals surface area contributed by atoms with Gasteiger partial charge < -0.3 is 5.11 Å². The monoisotopic (exact) mass is 228 g/mol. The molecular formula is C12H24N2O2. The molecule has 0 aliphatic carbocycles. The van der Waals surface area contributed by atoms with Crippen LogP contribution in [-0.2, 0) is 4.79 Å². The van der Waals surface area contributed by atoms with E-state index in [-0.39, 0.29) is 11.8 Å². The van der Waals surface area contributed by atoms with E-state index < -0.39 is 6.10 Å². The normalized spacial score (nSPS) is 14.2. The maximum absolute atomic E-state index is 11.4. The van der Waals surface area contributed by atoms with Crippen LogP contribution in [0.2, 0.25) is 0 Å². The fraction of sp³-hybridized carbons (Fsp3) is 0.750. The number of unbranched alkanes of at least 4 members (excludes halogenated alkanes) is 2. The summed E-state index contributed by atoms with van der Waals surface area (Å²) in [7, 11) is 0. The number of nitrogens with one attached hydrogen (secondary N) is 1. The van der Waals surface area contributed by atoms with Crippen molar-refractivity contribution in [1.29, 1.82) is 0 Å². The average molecular weight is 228 g/mol. The Morgan fingerprint density at radius 2 is 2.25 bits per heavy atom. The second kappa shape index (κ2) is 9.36. The lowest BCUT2D eigenvalue weighted by molar-refractivity contribution is -0.126. The number of hydrazine groups is 1. The van der Waals surface area contributed by atoms with E-state index in [0.717, 1.165) is 25.7 Å². The van der Waals surface area contributed by atoms with Gasteiger partial charge in [-0.3, -0.25) is 10.2 Å². The molecule has 0 rings (SSSR count). The molecule has 0 fully saturated rings. The number of carbonyl (C=O) groups is 1. The molecule has 0 bridgehead atoms. The third-order valence-electron chi connectivity index (χ3n) is 2.66. The summed E-state index contributed by atoms with van der Waals surface area (Å²) in [5.74, 6) is 4.59. The number of aliphatic hydroxyl groups excluding tert-OH is 1. The summed E-state index contributed by atoms with van der Waals surface area (Å²) in [6.07, 6.45) is 6.26. The van der Waals surface area contributed by atoms with Gasteiger partial charge in [0, 0.05) is 5.92 Å². The van der Waals surface area contributed by atoms with Gasteiger partial charge in [0.25, 0.3) is 0 Å². The van der Waals surface area contributed by atoms with Gasteiger partial charge in [-0.05, 0) is 19.3 Å². The molecule has 0 radical (unpaired) electrons. The second-order valence-electron chi connectivity index (χ2n) is 4.12. The summed E-state index contributed by atoms with van der Waals surface area (Å²) in [4.78, 5) is 11.4. The highest BCUT2D eigenvalue weighted by atomic mass is 16.3. The molecule has 0 saturated heterocycles. The molecule has 4 heteroatoms. The minimum Gasteiger partial charge on any atom is -0.393 e. The molecule has 4 N–H and O–H groups in total. The van der Waals surface area contributed by atoms with Crippen LogP contribution in [0.15, 0.2) is 12.7 Å². The molecule has 0 aromatic rings. The third-order valence-corrected chi connectivity index (χ3v) is 2.66. The van der Waals surface area contributed by atoms with Gasteiger partial charge >= 0.3 is 0 Å². The van der Waals surface area contributed by atoms with Crippen LogP contribution in [0.5, 0.6) is 0 Å². The largest absolute Gasteiger partial charge is 0.393 e. The summed E-state index contributed by atoms with van der Waals surface area (Å²) in [6.45, 7) is 5.72. The second-order valence-corrected chi connectivity index (χ2v) is 4.12. The number of amides is 1. The van der Waals surface area contributed by atoms with Crippen LogP contribution in [0.1, 0.15) is 45.4 Å². The molecule has 1 amide bonds. The van der Waals surface area contributed by atoms with E-state index in [1.165, 1.54) is 0 Å². The van der Waals surface area contributed by atoms with Crippen molar-refractivity contribution in [1.82, 2.24) is 5.43 Å². The van der Waals surface area contributed by atoms with Crippen LogP contribution in [-0.4, -0.2) is 17.1 Å². The molecule has 2 atom stereocenters. The number of nitrogens with two attached hydrogens (primary N) is 1. The minimum absolute atomic E-state index is 0.227. The van der Waals surface area contributed by atoms with Crippen LogP contribution in [0, 0.1) is 5.92 Å². The molecule has 0 heterocycles. The maximum Gasteiger partial charge on any atom is 0.237 e. The smallest absolute Gasteiger partial charge is 0.237 e. The van der Waals surface area contributed by atoms with Crippen molar-refractivity contribution in [2.45, 2.75) is 51.6 Å². The predicted octanol–water partition coefficient (Wildman–Crippen LogP) is 1.50. The van der Waals surface area contributed by atoms with Gasteiger partial charge in [-0.15, -0.1) is 6.58 Å². The first-order chi connectivity index (χ1) is 7.65. The molecule has 0 spiro atoms. The zero-order valence-electron chi connectivity index (χ0n) is 10.1. The highest BCUT2D eigenvalue weighted by Gasteiger charge is 2.19. The van der Waals surface area contributed by atoms with Crippen molar-refractivity contribution < 1.29 is 9.90 Å². The van der Waals surface area contributed by atoms with Crippen molar-refractivity contribution in [2.75, 3.05) is 0 Å². The molecule has 0 aliphatic heterocycles. The molecular weight excluding hydrogens is 204 g/mol. The summed E-state index contributed by atoms with van der Waals surface area (Å²) in [5.41, 5.74) is 2.12. The molecule has 0 saturated carbocycles. The van der Waals surface area contributed by atoms with E-state index >= 15 is 0 Å². The fourth-order valence-corrected chi connectivity index (χ4v) is 1.71. The van der Waals surface area contributed by atoms with E-state index in [1.54, 1.807) is 6.08 Å². The van der Waals surface area contributed by atoms with Crippen molar-refractivity contribution in [2.24, 2.45) is 11.8 Å². The fourth-order valence-electron chi connectivity index (χ4n) is 1.71. The summed E-state index contributed by atoms with van der Waals surface area (Å²) in [6, 6.07) is 0. The molecule has 16 heavy (non-hydrogen) atoms. The lowest BCUT2D eigenvalue weighted by Crippen LogP contribution is -2.37. The molecule has 0 aliphatic rings. The first kappa shape index (κ1) is 15.1. The number of hydrogen-bond donors (Lipinski definition) is 3. The predicted molar refractivity (Wildman–Crippen MR) is 65.4 cm³/mol. The van der Waals surface area contributed by atoms with E-state index in [1.807, 2.05) is 0 Å². The van der Waals surface area contributed by atoms with Gasteiger partial charge in [0.1, 0.15) is 0 Å².